The highest BCUT2D eigenvalue weighted by Gasteiger charge is 1.97. The molecule has 0 saturated carbocycles. The number of hydrogen-bond acceptors (Lipinski definition) is 3. The lowest BCUT2D eigenvalue weighted by Crippen LogP contribution is -2.01. The molecule has 0 bridgehead atoms. The van der Waals surface area contributed by atoms with Gasteiger partial charge in [0.15, 0.2) is 0 Å². The fraction of sp³-hybridized carbons (Fsp3) is 0.308. The van der Waals surface area contributed by atoms with Gasteiger partial charge in [0.05, 0.1) is 6.61 Å². The minimum Gasteiger partial charge on any atom is -0.463 e. The van der Waals surface area contributed by atoms with Gasteiger partial charge in [-0.1, -0.05) is 31.5 Å². The Balaban J connectivity index is 2.47. The first-order chi connectivity index (χ1) is 7.74. The monoisotopic (exact) mass is 219 g/mol. The SMILES string of the molecule is CCCCOC(=O)C=Cc1ccccc1N. The van der Waals surface area contributed by atoms with Crippen LogP contribution in [0.1, 0.15) is 25.3 Å². The Morgan fingerprint density at radius 2 is 2.19 bits per heavy atom. The number of unbranched alkanes of at least 4 members (excludes halogenated alkanes) is 1. The van der Waals surface area contributed by atoms with Crippen LogP contribution in [-0.4, -0.2) is 12.6 Å². The molecule has 0 aliphatic heterocycles. The molecule has 1 aromatic carbocycles. The number of benzene rings is 1. The van der Waals surface area contributed by atoms with E-state index in [4.69, 9.17) is 10.5 Å². The molecule has 2 N–H and O–H groups in total. The Morgan fingerprint density at radius 1 is 1.44 bits per heavy atom. The van der Waals surface area contributed by atoms with Gasteiger partial charge in [0.25, 0.3) is 0 Å². The number of carbonyl (C=O) groups excluding carboxylic acids is 1. The zero-order valence-corrected chi connectivity index (χ0v) is 9.48. The van der Waals surface area contributed by atoms with Crippen molar-refractivity contribution in [3.8, 4) is 0 Å². The number of esters is 1. The van der Waals surface area contributed by atoms with E-state index in [1.54, 1.807) is 12.1 Å². The van der Waals surface area contributed by atoms with Crippen molar-refractivity contribution in [1.29, 1.82) is 0 Å². The van der Waals surface area contributed by atoms with Crippen molar-refractivity contribution in [2.24, 2.45) is 0 Å². The van der Waals surface area contributed by atoms with Gasteiger partial charge in [-0.2, -0.15) is 0 Å². The third-order valence-electron chi connectivity index (χ3n) is 2.14. The summed E-state index contributed by atoms with van der Waals surface area (Å²) in [5.41, 5.74) is 7.21. The average Bonchev–Trinajstić information content (AvgIpc) is 2.28. The lowest BCUT2D eigenvalue weighted by Gasteiger charge is -2.00. The Kier molecular flexibility index (Phi) is 5.12. The van der Waals surface area contributed by atoms with Gasteiger partial charge in [-0.15, -0.1) is 0 Å². The lowest BCUT2D eigenvalue weighted by molar-refractivity contribution is -0.137. The van der Waals surface area contributed by atoms with Crippen molar-refractivity contribution < 1.29 is 9.53 Å². The predicted octanol–water partition coefficient (Wildman–Crippen LogP) is 2.63. The molecule has 0 radical (unpaired) electrons. The van der Waals surface area contributed by atoms with Gasteiger partial charge >= 0.3 is 5.97 Å². The molecule has 0 aliphatic carbocycles. The van der Waals surface area contributed by atoms with Crippen molar-refractivity contribution in [3.05, 3.63) is 35.9 Å². The minimum absolute atomic E-state index is 0.322. The molecule has 0 heterocycles. The van der Waals surface area contributed by atoms with Crippen molar-refractivity contribution in [2.45, 2.75) is 19.8 Å². The van der Waals surface area contributed by atoms with Crippen LogP contribution in [0.25, 0.3) is 6.08 Å². The summed E-state index contributed by atoms with van der Waals surface area (Å²) in [4.78, 5) is 11.3. The summed E-state index contributed by atoms with van der Waals surface area (Å²) in [5, 5.41) is 0. The maximum absolute atomic E-state index is 11.3. The molecule has 0 amide bonds. The predicted molar refractivity (Wildman–Crippen MR) is 65.8 cm³/mol. The van der Waals surface area contributed by atoms with E-state index in [0.717, 1.165) is 18.4 Å². The van der Waals surface area contributed by atoms with Crippen molar-refractivity contribution >= 4 is 17.7 Å². The first-order valence-corrected chi connectivity index (χ1v) is 5.43. The smallest absolute Gasteiger partial charge is 0.330 e. The van der Waals surface area contributed by atoms with E-state index in [9.17, 15) is 4.79 Å². The molecule has 1 aromatic rings. The summed E-state index contributed by atoms with van der Waals surface area (Å²) in [7, 11) is 0. The van der Waals surface area contributed by atoms with E-state index in [2.05, 4.69) is 0 Å². The van der Waals surface area contributed by atoms with Crippen LogP contribution in [-0.2, 0) is 9.53 Å². The van der Waals surface area contributed by atoms with Gasteiger partial charge in [0.2, 0.25) is 0 Å². The largest absolute Gasteiger partial charge is 0.463 e. The summed E-state index contributed by atoms with van der Waals surface area (Å²) < 4.78 is 4.98. The molecule has 0 saturated heterocycles. The van der Waals surface area contributed by atoms with Crippen LogP contribution in [0.5, 0.6) is 0 Å². The standard InChI is InChI=1S/C13H17NO2/c1-2-3-10-16-13(15)9-8-11-6-4-5-7-12(11)14/h4-9H,2-3,10,14H2,1H3. The van der Waals surface area contributed by atoms with Crippen LogP contribution in [0.2, 0.25) is 0 Å². The van der Waals surface area contributed by atoms with Crippen molar-refractivity contribution in [1.82, 2.24) is 0 Å². The molecular weight excluding hydrogens is 202 g/mol. The topological polar surface area (TPSA) is 52.3 Å². The molecule has 0 atom stereocenters. The first kappa shape index (κ1) is 12.3. The van der Waals surface area contributed by atoms with Crippen molar-refractivity contribution in [2.75, 3.05) is 12.3 Å². The number of hydrogen-bond donors (Lipinski definition) is 1. The summed E-state index contributed by atoms with van der Waals surface area (Å²) in [6, 6.07) is 7.37. The van der Waals surface area contributed by atoms with E-state index < -0.39 is 0 Å². The van der Waals surface area contributed by atoms with Crippen LogP contribution >= 0.6 is 0 Å². The van der Waals surface area contributed by atoms with Gasteiger partial charge in [0.1, 0.15) is 0 Å². The van der Waals surface area contributed by atoms with Crippen molar-refractivity contribution in [3.63, 3.8) is 0 Å². The zero-order valence-electron chi connectivity index (χ0n) is 9.48. The normalized spacial score (nSPS) is 10.6. The molecule has 3 heteroatoms. The fourth-order valence-corrected chi connectivity index (χ4v) is 1.19. The summed E-state index contributed by atoms with van der Waals surface area (Å²) in [5.74, 6) is -0.322. The van der Waals surface area contributed by atoms with Crippen LogP contribution < -0.4 is 5.73 Å². The van der Waals surface area contributed by atoms with Gasteiger partial charge in [0, 0.05) is 11.8 Å². The number of rotatable bonds is 5. The zero-order chi connectivity index (χ0) is 11.8. The van der Waals surface area contributed by atoms with E-state index in [1.165, 1.54) is 6.08 Å². The Bertz CT molecular complexity index is 372. The molecule has 0 fully saturated rings. The number of anilines is 1. The van der Waals surface area contributed by atoms with E-state index in [0.29, 0.717) is 12.3 Å². The number of nitrogens with two attached hydrogens (primary N) is 1. The highest BCUT2D eigenvalue weighted by atomic mass is 16.5. The van der Waals surface area contributed by atoms with Crippen LogP contribution in [0.4, 0.5) is 5.69 Å². The van der Waals surface area contributed by atoms with E-state index in [1.807, 2.05) is 25.1 Å². The second kappa shape index (κ2) is 6.67. The molecule has 3 nitrogen and oxygen atoms in total. The Hall–Kier alpha value is -1.77. The molecular formula is C13H17NO2. The van der Waals surface area contributed by atoms with Crippen LogP contribution in [0, 0.1) is 0 Å². The summed E-state index contributed by atoms with van der Waals surface area (Å²) in [6.07, 6.45) is 4.99. The Labute approximate surface area is 95.9 Å². The van der Waals surface area contributed by atoms with E-state index in [-0.39, 0.29) is 5.97 Å². The summed E-state index contributed by atoms with van der Waals surface area (Å²) >= 11 is 0. The third kappa shape index (κ3) is 4.17. The number of para-hydroxylation sites is 1. The molecule has 0 aliphatic rings. The van der Waals surface area contributed by atoms with Gasteiger partial charge < -0.3 is 10.5 Å². The quantitative estimate of drug-likeness (QED) is 0.358. The maximum atomic E-state index is 11.3. The first-order valence-electron chi connectivity index (χ1n) is 5.43. The van der Waals surface area contributed by atoms with Crippen LogP contribution in [0.3, 0.4) is 0 Å². The highest BCUT2D eigenvalue weighted by molar-refractivity contribution is 5.88. The molecule has 86 valence electrons. The number of carbonyl (C=O) groups is 1. The van der Waals surface area contributed by atoms with Gasteiger partial charge in [-0.3, -0.25) is 0 Å². The molecule has 1 rings (SSSR count). The highest BCUT2D eigenvalue weighted by Crippen LogP contribution is 2.11. The lowest BCUT2D eigenvalue weighted by atomic mass is 10.2. The molecule has 0 unspecified atom stereocenters. The van der Waals surface area contributed by atoms with Crippen LogP contribution in [0.15, 0.2) is 30.3 Å². The second-order valence-electron chi connectivity index (χ2n) is 3.48. The van der Waals surface area contributed by atoms with E-state index >= 15 is 0 Å². The third-order valence-corrected chi connectivity index (χ3v) is 2.14. The molecule has 0 spiro atoms. The summed E-state index contributed by atoms with van der Waals surface area (Å²) in [6.45, 7) is 2.53. The van der Waals surface area contributed by atoms with Gasteiger partial charge in [-0.05, 0) is 24.1 Å². The fourth-order valence-electron chi connectivity index (χ4n) is 1.19. The Morgan fingerprint density at radius 3 is 2.88 bits per heavy atom. The second-order valence-corrected chi connectivity index (χ2v) is 3.48. The molecule has 0 aromatic heterocycles. The average molecular weight is 219 g/mol. The minimum atomic E-state index is -0.322. The maximum Gasteiger partial charge on any atom is 0.330 e. The number of ether oxygens (including phenoxy) is 1. The molecule has 16 heavy (non-hydrogen) atoms. The number of nitrogen functional groups attached to an aromatic ring is 1. The van der Waals surface area contributed by atoms with Gasteiger partial charge in [-0.25, -0.2) is 4.79 Å².